The van der Waals surface area contributed by atoms with Crippen molar-refractivity contribution in [2.45, 2.75) is 50.0 Å². The Kier molecular flexibility index (Phi) is 10.1. The fourth-order valence-electron chi connectivity index (χ4n) is 1.92. The van der Waals surface area contributed by atoms with Crippen molar-refractivity contribution in [2.24, 2.45) is 0 Å². The Hall–Kier alpha value is -1.07. The van der Waals surface area contributed by atoms with Crippen LogP contribution in [0, 0.1) is 3.57 Å². The van der Waals surface area contributed by atoms with E-state index in [4.69, 9.17) is 0 Å². The molecule has 180 valence electrons. The van der Waals surface area contributed by atoms with E-state index >= 15 is 0 Å². The van der Waals surface area contributed by atoms with Crippen LogP contribution in [0.15, 0.2) is 40.2 Å². The molecule has 0 saturated heterocycles. The van der Waals surface area contributed by atoms with Gasteiger partial charge in [0, 0.05) is 0 Å². The van der Waals surface area contributed by atoms with E-state index in [1.54, 1.807) is 0 Å². The summed E-state index contributed by atoms with van der Waals surface area (Å²) in [5, 5.41) is 0. The third-order valence-electron chi connectivity index (χ3n) is 3.38. The monoisotopic (exact) mass is 612 g/mol. The summed E-state index contributed by atoms with van der Waals surface area (Å²) in [6, 6.07) is 6.62. The van der Waals surface area contributed by atoms with Gasteiger partial charge >= 0.3 is 184 Å². The topological polar surface area (TPSA) is 86.7 Å². The Morgan fingerprint density at radius 2 is 1.45 bits per heavy atom. The molecule has 6 nitrogen and oxygen atoms in total. The molecule has 31 heavy (non-hydrogen) atoms. The first kappa shape index (κ1) is 28.0. The molecular formula is C16H19F6IO6S2. The number of unbranched alkanes of at least 4 members (excludes halogenated alkanes) is 3. The molecule has 1 aromatic carbocycles. The molecule has 0 aliphatic heterocycles. The molecule has 0 spiro atoms. The summed E-state index contributed by atoms with van der Waals surface area (Å²) >= 11 is -4.02. The molecule has 0 fully saturated rings. The van der Waals surface area contributed by atoms with Crippen molar-refractivity contribution < 1.29 is 49.9 Å². The molecule has 0 heterocycles. The van der Waals surface area contributed by atoms with E-state index in [-0.39, 0.29) is 16.4 Å². The first-order chi connectivity index (χ1) is 14.1. The fraction of sp³-hybridized carbons (Fsp3) is 0.500. The number of hydrogen-bond acceptors (Lipinski definition) is 6. The van der Waals surface area contributed by atoms with Crippen LogP contribution in [0.4, 0.5) is 26.3 Å². The van der Waals surface area contributed by atoms with Crippen LogP contribution in [-0.4, -0.2) is 27.9 Å². The van der Waals surface area contributed by atoms with Crippen molar-refractivity contribution in [2.75, 3.05) is 0 Å². The molecule has 0 aliphatic carbocycles. The molecule has 0 saturated carbocycles. The molecule has 0 amide bonds. The van der Waals surface area contributed by atoms with Gasteiger partial charge in [-0.1, -0.05) is 0 Å². The Labute approximate surface area is 183 Å². The van der Waals surface area contributed by atoms with Crippen LogP contribution in [0.3, 0.4) is 0 Å². The van der Waals surface area contributed by atoms with Crippen molar-refractivity contribution in [3.05, 3.63) is 43.7 Å². The van der Waals surface area contributed by atoms with Gasteiger partial charge in [-0.25, -0.2) is 0 Å². The van der Waals surface area contributed by atoms with Gasteiger partial charge in [-0.2, -0.15) is 0 Å². The van der Waals surface area contributed by atoms with Crippen molar-refractivity contribution in [3.63, 3.8) is 0 Å². The zero-order chi connectivity index (χ0) is 23.9. The number of rotatable bonds is 11. The molecular weight excluding hydrogens is 593 g/mol. The van der Waals surface area contributed by atoms with Crippen molar-refractivity contribution >= 4 is 40.5 Å². The molecule has 0 atom stereocenters. The Morgan fingerprint density at radius 1 is 0.903 bits per heavy atom. The molecule has 0 aliphatic rings. The van der Waals surface area contributed by atoms with Gasteiger partial charge in [0.2, 0.25) is 0 Å². The van der Waals surface area contributed by atoms with Gasteiger partial charge in [-0.15, -0.1) is 0 Å². The third kappa shape index (κ3) is 8.76. The van der Waals surface area contributed by atoms with E-state index in [1.807, 2.05) is 6.92 Å². The van der Waals surface area contributed by atoms with E-state index in [0.29, 0.717) is 16.9 Å². The van der Waals surface area contributed by atoms with Crippen LogP contribution in [0.1, 0.15) is 39.0 Å². The van der Waals surface area contributed by atoms with E-state index in [0.717, 1.165) is 6.42 Å². The molecule has 0 aromatic heterocycles. The normalized spacial score (nSPS) is 14.4. The first-order valence-electron chi connectivity index (χ1n) is 8.57. The zero-order valence-corrected chi connectivity index (χ0v) is 19.7. The Bertz CT molecular complexity index is 943. The van der Waals surface area contributed by atoms with Gasteiger partial charge in [0.15, 0.2) is 0 Å². The number of allylic oxidation sites excluding steroid dienone is 1. The first-order valence-corrected chi connectivity index (χ1v) is 14.6. The van der Waals surface area contributed by atoms with Crippen LogP contribution in [0.25, 0.3) is 0 Å². The summed E-state index contributed by atoms with van der Waals surface area (Å²) < 4.78 is 131. The molecule has 0 unspecified atom stereocenters. The van der Waals surface area contributed by atoms with Crippen LogP contribution in [0.2, 0.25) is 0 Å². The van der Waals surface area contributed by atoms with E-state index in [2.05, 4.69) is 6.70 Å². The van der Waals surface area contributed by atoms with E-state index in [9.17, 15) is 43.2 Å². The number of halogens is 7. The third-order valence-corrected chi connectivity index (χ3v) is 11.0. The predicted octanol–water partition coefficient (Wildman–Crippen LogP) is 5.82. The summed E-state index contributed by atoms with van der Waals surface area (Å²) in [4.78, 5) is 0. The Morgan fingerprint density at radius 3 is 1.94 bits per heavy atom. The number of benzene rings is 1. The minimum absolute atomic E-state index is 0.0291. The van der Waals surface area contributed by atoms with Gasteiger partial charge < -0.3 is 0 Å². The van der Waals surface area contributed by atoms with Crippen molar-refractivity contribution in [1.82, 2.24) is 0 Å². The van der Waals surface area contributed by atoms with Gasteiger partial charge in [0.25, 0.3) is 0 Å². The molecule has 0 radical (unpaired) electrons. The van der Waals surface area contributed by atoms with Gasteiger partial charge in [0.1, 0.15) is 0 Å². The molecule has 15 heteroatoms. The number of hydrogen-bond donors (Lipinski definition) is 0. The van der Waals surface area contributed by atoms with Crippen molar-refractivity contribution in [3.8, 4) is 0 Å². The second-order valence-electron chi connectivity index (χ2n) is 5.90. The number of alkyl halides is 6. The zero-order valence-electron chi connectivity index (χ0n) is 15.9. The summed E-state index contributed by atoms with van der Waals surface area (Å²) in [7, 11) is -12.2. The van der Waals surface area contributed by atoms with Gasteiger partial charge in [0.05, 0.1) is 0 Å². The quantitative estimate of drug-likeness (QED) is 0.0782. The summed E-state index contributed by atoms with van der Waals surface area (Å²) in [5.74, 6) is -0.820. The maximum atomic E-state index is 12.8. The summed E-state index contributed by atoms with van der Waals surface area (Å²) in [6.45, 7) is 1.84. The van der Waals surface area contributed by atoms with E-state index in [1.165, 1.54) is 30.3 Å². The Balaban J connectivity index is 3.40. The van der Waals surface area contributed by atoms with E-state index < -0.39 is 57.2 Å². The standard InChI is InChI=1S/C16H19F6IO6S2/c1-2-3-4-8-11-14(28-30(24,25)15(17,18)19)12-23(13-9-6-5-7-10-13)29-31(26,27)16(20,21)22/h5-7,9-10,12H,2-4,8,11H2,1H3/b14-12+. The minimum atomic E-state index is -6.11. The molecule has 1 aromatic rings. The van der Waals surface area contributed by atoms with Crippen molar-refractivity contribution in [1.29, 1.82) is 0 Å². The van der Waals surface area contributed by atoms with Crippen LogP contribution >= 0.6 is 20.2 Å². The molecule has 0 N–H and O–H groups in total. The van der Waals surface area contributed by atoms with Gasteiger partial charge in [-0.3, -0.25) is 0 Å². The summed E-state index contributed by atoms with van der Waals surface area (Å²) in [5.41, 5.74) is -11.5. The maximum absolute atomic E-state index is 12.8. The average Bonchev–Trinajstić information content (AvgIpc) is 2.63. The van der Waals surface area contributed by atoms with Crippen LogP contribution in [-0.2, 0) is 26.9 Å². The SMILES string of the molecule is CCCCCC/C(=C\I(OS(=O)(=O)C(F)(F)F)c1ccccc1)OS(=O)(=O)C(F)(F)F. The average molecular weight is 612 g/mol. The van der Waals surface area contributed by atoms with Crippen LogP contribution < -0.4 is 0 Å². The molecule has 0 bridgehead atoms. The second kappa shape index (κ2) is 11.2. The van der Waals surface area contributed by atoms with Crippen LogP contribution in [0.5, 0.6) is 0 Å². The summed E-state index contributed by atoms with van der Waals surface area (Å²) in [6.07, 6.45) is 1.68. The predicted molar refractivity (Wildman–Crippen MR) is 108 cm³/mol. The second-order valence-corrected chi connectivity index (χ2v) is 13.5. The fourth-order valence-corrected chi connectivity index (χ4v) is 8.59. The molecule has 1 rings (SSSR count). The van der Waals surface area contributed by atoms with Gasteiger partial charge in [-0.05, 0) is 0 Å².